The highest BCUT2D eigenvalue weighted by atomic mass is 32.2. The summed E-state index contributed by atoms with van der Waals surface area (Å²) in [6.07, 6.45) is 1.13. The van der Waals surface area contributed by atoms with Gasteiger partial charge in [-0.1, -0.05) is 18.2 Å². The molecule has 1 aliphatic rings. The maximum absolute atomic E-state index is 14.5. The van der Waals surface area contributed by atoms with Crippen LogP contribution in [0.25, 0.3) is 0 Å². The molecule has 0 saturated carbocycles. The van der Waals surface area contributed by atoms with E-state index in [2.05, 4.69) is 19.9 Å². The number of rotatable bonds is 8. The lowest BCUT2D eigenvalue weighted by atomic mass is 10.0. The van der Waals surface area contributed by atoms with Crippen molar-refractivity contribution in [1.82, 2.24) is 9.88 Å². The molecule has 2 heterocycles. The van der Waals surface area contributed by atoms with E-state index in [0.29, 0.717) is 24.1 Å². The minimum atomic E-state index is -0.800. The summed E-state index contributed by atoms with van der Waals surface area (Å²) in [5, 5.41) is 2.91. The average molecular weight is 448 g/mol. The smallest absolute Gasteiger partial charge is 0.214 e. The van der Waals surface area contributed by atoms with E-state index in [1.54, 1.807) is 6.07 Å². The first-order valence-corrected chi connectivity index (χ1v) is 10.6. The first-order chi connectivity index (χ1) is 15.0. The summed E-state index contributed by atoms with van der Waals surface area (Å²) in [6.45, 7) is 2.72. The molecule has 1 fully saturated rings. The number of nitrogens with zero attached hydrogens (tertiary/aromatic N) is 2. The van der Waals surface area contributed by atoms with Crippen LogP contribution in [0.1, 0.15) is 17.5 Å². The number of anilines is 2. The van der Waals surface area contributed by atoms with E-state index in [0.717, 1.165) is 37.2 Å². The molecule has 2 aromatic carbocycles. The van der Waals surface area contributed by atoms with Crippen molar-refractivity contribution in [2.24, 2.45) is 0 Å². The highest BCUT2D eigenvalue weighted by Gasteiger charge is 2.18. The van der Waals surface area contributed by atoms with E-state index in [1.165, 1.54) is 24.3 Å². The lowest BCUT2D eigenvalue weighted by Gasteiger charge is -2.31. The van der Waals surface area contributed by atoms with E-state index >= 15 is 0 Å². The normalized spacial score (nSPS) is 13.7. The number of hydrogen-bond acceptors (Lipinski definition) is 5. The second-order valence-corrected chi connectivity index (χ2v) is 8.00. The molecule has 0 bridgehead atoms. The number of hydrogen-bond donors (Lipinski definition) is 2. The highest BCUT2D eigenvalue weighted by Crippen LogP contribution is 2.29. The molecule has 0 unspecified atom stereocenters. The molecule has 4 nitrogen and oxygen atoms in total. The van der Waals surface area contributed by atoms with Gasteiger partial charge < -0.3 is 10.0 Å². The van der Waals surface area contributed by atoms with Crippen LogP contribution in [0.2, 0.25) is 0 Å². The molecule has 1 aliphatic heterocycles. The Morgan fingerprint density at radius 2 is 1.68 bits per heavy atom. The van der Waals surface area contributed by atoms with Crippen LogP contribution in [0.4, 0.5) is 29.1 Å². The third-order valence-electron chi connectivity index (χ3n) is 5.00. The van der Waals surface area contributed by atoms with Crippen molar-refractivity contribution in [3.8, 4) is 0 Å². The topological polar surface area (TPSA) is 40.2 Å². The van der Waals surface area contributed by atoms with Gasteiger partial charge >= 0.3 is 0 Å². The maximum atomic E-state index is 14.5. The van der Waals surface area contributed by atoms with Crippen LogP contribution in [0, 0.1) is 23.4 Å². The van der Waals surface area contributed by atoms with Crippen molar-refractivity contribution in [2.45, 2.75) is 24.4 Å². The van der Waals surface area contributed by atoms with Gasteiger partial charge in [-0.3, -0.25) is 4.90 Å². The summed E-state index contributed by atoms with van der Waals surface area (Å²) in [4.78, 5) is 5.52. The van der Waals surface area contributed by atoms with Crippen molar-refractivity contribution in [1.29, 1.82) is 0 Å². The van der Waals surface area contributed by atoms with Crippen molar-refractivity contribution < 1.29 is 17.6 Å². The molecule has 0 radical (unpaired) electrons. The molecule has 1 aromatic heterocycles. The van der Waals surface area contributed by atoms with Gasteiger partial charge in [-0.15, -0.1) is 0 Å². The van der Waals surface area contributed by atoms with Gasteiger partial charge in [-0.2, -0.15) is 4.39 Å². The van der Waals surface area contributed by atoms with Gasteiger partial charge in [0, 0.05) is 24.3 Å². The zero-order valence-corrected chi connectivity index (χ0v) is 17.3. The fourth-order valence-corrected chi connectivity index (χ4v) is 3.88. The third-order valence-corrected chi connectivity index (χ3v) is 5.90. The SMILES string of the molecule is Fc1cccc(NSc2c(F)cc(NCc3c(F)cccc3CN3CCC3)cc2F)n1. The molecular formula is C22H20F4N4S. The molecule has 9 heteroatoms. The quantitative estimate of drug-likeness (QED) is 0.268. The predicted molar refractivity (Wildman–Crippen MR) is 114 cm³/mol. The Morgan fingerprint density at radius 3 is 2.35 bits per heavy atom. The summed E-state index contributed by atoms with van der Waals surface area (Å²) >= 11 is 0.657. The lowest BCUT2D eigenvalue weighted by molar-refractivity contribution is 0.172. The van der Waals surface area contributed by atoms with E-state index < -0.39 is 17.6 Å². The molecule has 0 atom stereocenters. The number of benzene rings is 2. The first kappa shape index (κ1) is 21.5. The van der Waals surface area contributed by atoms with E-state index in [-0.39, 0.29) is 28.8 Å². The molecular weight excluding hydrogens is 428 g/mol. The number of nitrogens with one attached hydrogen (secondary N) is 2. The zero-order chi connectivity index (χ0) is 21.8. The molecule has 0 spiro atoms. The monoisotopic (exact) mass is 448 g/mol. The summed E-state index contributed by atoms with van der Waals surface area (Å²) in [5.74, 6) is -2.52. The molecule has 2 N–H and O–H groups in total. The van der Waals surface area contributed by atoms with E-state index in [4.69, 9.17) is 0 Å². The van der Waals surface area contributed by atoms with Gasteiger partial charge in [0.05, 0.1) is 0 Å². The van der Waals surface area contributed by atoms with Gasteiger partial charge in [0.25, 0.3) is 0 Å². The summed E-state index contributed by atoms with van der Waals surface area (Å²) < 4.78 is 59.1. The summed E-state index contributed by atoms with van der Waals surface area (Å²) in [7, 11) is 0. The van der Waals surface area contributed by atoms with Crippen molar-refractivity contribution in [2.75, 3.05) is 23.1 Å². The Hall–Kier alpha value is -2.78. The Bertz CT molecular complexity index is 1050. The van der Waals surface area contributed by atoms with Crippen LogP contribution < -0.4 is 10.0 Å². The van der Waals surface area contributed by atoms with Crippen LogP contribution in [0.3, 0.4) is 0 Å². The van der Waals surface area contributed by atoms with E-state index in [1.807, 2.05) is 6.07 Å². The second kappa shape index (κ2) is 9.57. The van der Waals surface area contributed by atoms with E-state index in [9.17, 15) is 17.6 Å². The van der Waals surface area contributed by atoms with Crippen molar-refractivity contribution >= 4 is 23.5 Å². The van der Waals surface area contributed by atoms with Gasteiger partial charge in [0.1, 0.15) is 28.2 Å². The first-order valence-electron chi connectivity index (χ1n) is 9.76. The summed E-state index contributed by atoms with van der Waals surface area (Å²) in [5.41, 5.74) is 1.53. The molecule has 162 valence electrons. The Labute approximate surface area is 181 Å². The Kier molecular flexibility index (Phi) is 6.62. The van der Waals surface area contributed by atoms with Crippen LogP contribution >= 0.6 is 11.9 Å². The summed E-state index contributed by atoms with van der Waals surface area (Å²) in [6, 6.07) is 11.3. The number of pyridine rings is 1. The van der Waals surface area contributed by atoms with Gasteiger partial charge in [0.15, 0.2) is 0 Å². The second-order valence-electron chi connectivity index (χ2n) is 7.18. The number of halogens is 4. The highest BCUT2D eigenvalue weighted by molar-refractivity contribution is 8.00. The Morgan fingerprint density at radius 1 is 0.935 bits per heavy atom. The molecule has 3 aromatic rings. The van der Waals surface area contributed by atoms with Crippen LogP contribution in [0.5, 0.6) is 0 Å². The minimum absolute atomic E-state index is 0.104. The fraction of sp³-hybridized carbons (Fsp3) is 0.227. The largest absolute Gasteiger partial charge is 0.381 e. The third kappa shape index (κ3) is 5.29. The average Bonchev–Trinajstić information content (AvgIpc) is 2.69. The van der Waals surface area contributed by atoms with Crippen LogP contribution in [-0.2, 0) is 13.1 Å². The Balaban J connectivity index is 1.44. The fourth-order valence-electron chi connectivity index (χ4n) is 3.25. The predicted octanol–water partition coefficient (Wildman–Crippen LogP) is 5.58. The zero-order valence-electron chi connectivity index (χ0n) is 16.5. The van der Waals surface area contributed by atoms with Crippen LogP contribution in [0.15, 0.2) is 53.4 Å². The lowest BCUT2D eigenvalue weighted by Crippen LogP contribution is -2.36. The van der Waals surface area contributed by atoms with Crippen LogP contribution in [-0.4, -0.2) is 23.0 Å². The van der Waals surface area contributed by atoms with Gasteiger partial charge in [-0.05, 0) is 67.4 Å². The van der Waals surface area contributed by atoms with Crippen molar-refractivity contribution in [3.05, 3.63) is 83.1 Å². The van der Waals surface area contributed by atoms with Crippen molar-refractivity contribution in [3.63, 3.8) is 0 Å². The molecule has 4 rings (SSSR count). The minimum Gasteiger partial charge on any atom is -0.381 e. The van der Waals surface area contributed by atoms with Gasteiger partial charge in [-0.25, -0.2) is 18.2 Å². The standard InChI is InChI=1S/C22H20F4N4S/c23-17-5-1-4-14(13-30-8-3-9-30)16(17)12-27-15-10-18(24)22(19(25)11-15)31-29-21-7-2-6-20(26)28-21/h1-2,4-7,10-11,27H,3,8-9,12-13H2,(H,28,29). The number of aromatic nitrogens is 1. The molecule has 0 amide bonds. The maximum Gasteiger partial charge on any atom is 0.214 e. The number of likely N-dealkylation sites (tertiary alicyclic amines) is 1. The molecule has 1 saturated heterocycles. The molecule has 31 heavy (non-hydrogen) atoms. The van der Waals surface area contributed by atoms with Gasteiger partial charge in [0.2, 0.25) is 5.95 Å². The molecule has 0 aliphatic carbocycles.